The fourth-order valence-electron chi connectivity index (χ4n) is 5.21. The van der Waals surface area contributed by atoms with Crippen LogP contribution in [-0.2, 0) is 9.47 Å². The van der Waals surface area contributed by atoms with Gasteiger partial charge in [-0.1, -0.05) is 97.1 Å². The second kappa shape index (κ2) is 12.2. The van der Waals surface area contributed by atoms with Crippen LogP contribution in [-0.4, -0.2) is 22.0 Å². The van der Waals surface area contributed by atoms with Crippen molar-refractivity contribution in [1.82, 2.24) is 0 Å². The predicted molar refractivity (Wildman–Crippen MR) is 183 cm³/mol. The fourth-order valence-corrected chi connectivity index (χ4v) is 5.78. The number of thiocarbonyl (C=S) groups is 2. The molecule has 6 nitrogen and oxygen atoms in total. The molecular formula is C36H26N4O2S2. The van der Waals surface area contributed by atoms with E-state index in [0.29, 0.717) is 22.0 Å². The number of anilines is 2. The van der Waals surface area contributed by atoms with Crippen LogP contribution in [0.3, 0.4) is 0 Å². The summed E-state index contributed by atoms with van der Waals surface area (Å²) in [6, 6.07) is 47.6. The normalized spacial score (nSPS) is 18.2. The molecule has 44 heavy (non-hydrogen) atoms. The molecule has 5 aromatic carbocycles. The lowest BCUT2D eigenvalue weighted by atomic mass is 10.1. The molecule has 2 unspecified atom stereocenters. The number of aliphatic imine (C=N–C) groups is 2. The second-order valence-corrected chi connectivity index (χ2v) is 10.9. The van der Waals surface area contributed by atoms with Crippen molar-refractivity contribution in [3.63, 3.8) is 0 Å². The molecule has 0 aliphatic carbocycles. The highest BCUT2D eigenvalue weighted by atomic mass is 32.1. The SMILES string of the molecule is S=C1N=C(c2ccc(C3=NC(=S)N(c4ccccc4)C(c4ccccc4)O3)cc2)OC(c2ccccc2)N1c1ccccc1. The zero-order chi connectivity index (χ0) is 29.9. The number of ether oxygens (including phenoxy) is 2. The van der Waals surface area contributed by atoms with Crippen LogP contribution in [0.15, 0.2) is 156 Å². The quantitative estimate of drug-likeness (QED) is 0.181. The Balaban J connectivity index is 1.20. The van der Waals surface area contributed by atoms with Gasteiger partial charge in [-0.3, -0.25) is 9.80 Å². The number of rotatable bonds is 6. The zero-order valence-corrected chi connectivity index (χ0v) is 25.1. The summed E-state index contributed by atoms with van der Waals surface area (Å²) in [6.45, 7) is 0. The maximum atomic E-state index is 6.54. The summed E-state index contributed by atoms with van der Waals surface area (Å²) in [4.78, 5) is 13.3. The van der Waals surface area contributed by atoms with E-state index in [2.05, 4.69) is 0 Å². The molecule has 0 spiro atoms. The Morgan fingerprint density at radius 3 is 1.09 bits per heavy atom. The first-order valence-electron chi connectivity index (χ1n) is 14.1. The Morgan fingerprint density at radius 1 is 0.432 bits per heavy atom. The van der Waals surface area contributed by atoms with Gasteiger partial charge in [-0.15, -0.1) is 0 Å². The molecule has 5 aromatic rings. The minimum absolute atomic E-state index is 0.424. The van der Waals surface area contributed by atoms with Gasteiger partial charge in [-0.25, -0.2) is 0 Å². The van der Waals surface area contributed by atoms with Gasteiger partial charge in [0.05, 0.1) is 0 Å². The summed E-state index contributed by atoms with van der Waals surface area (Å²) in [7, 11) is 0. The summed E-state index contributed by atoms with van der Waals surface area (Å²) in [5.74, 6) is 0.893. The minimum atomic E-state index is -0.475. The maximum Gasteiger partial charge on any atom is 0.225 e. The lowest BCUT2D eigenvalue weighted by molar-refractivity contribution is 0.196. The molecule has 0 saturated heterocycles. The summed E-state index contributed by atoms with van der Waals surface area (Å²) < 4.78 is 13.1. The van der Waals surface area contributed by atoms with Crippen molar-refractivity contribution in [3.8, 4) is 0 Å². The van der Waals surface area contributed by atoms with Crippen molar-refractivity contribution in [2.75, 3.05) is 9.80 Å². The highest BCUT2D eigenvalue weighted by Crippen LogP contribution is 2.35. The Bertz CT molecular complexity index is 1710. The lowest BCUT2D eigenvalue weighted by Crippen LogP contribution is -2.40. The standard InChI is InChI=1S/C36H26N4O2S2/c43-35-37-31(41-33(27-13-5-1-6-14-27)39(35)29-17-9-3-10-18-29)25-21-23-26(24-22-25)32-38-36(44)40(30-19-11-4-12-20-30)34(42-32)28-15-7-2-8-16-28/h1-24,33-34H. The van der Waals surface area contributed by atoms with E-state index in [1.54, 1.807) is 0 Å². The molecule has 2 aliphatic rings. The smallest absolute Gasteiger partial charge is 0.225 e. The minimum Gasteiger partial charge on any atom is -0.448 e. The van der Waals surface area contributed by atoms with E-state index in [4.69, 9.17) is 43.9 Å². The van der Waals surface area contributed by atoms with Crippen LogP contribution in [0.2, 0.25) is 0 Å². The topological polar surface area (TPSA) is 49.7 Å². The third-order valence-electron chi connectivity index (χ3n) is 7.34. The molecule has 0 N–H and O–H groups in total. The molecule has 0 aromatic heterocycles. The average Bonchev–Trinajstić information content (AvgIpc) is 3.09. The fraction of sp³-hybridized carbons (Fsp3) is 0.0556. The molecule has 2 heterocycles. The van der Waals surface area contributed by atoms with Crippen LogP contribution in [0.1, 0.15) is 34.7 Å². The third-order valence-corrected chi connectivity index (χ3v) is 7.92. The monoisotopic (exact) mass is 610 g/mol. The molecule has 0 saturated carbocycles. The molecule has 0 fully saturated rings. The molecule has 0 amide bonds. The van der Waals surface area contributed by atoms with Crippen molar-refractivity contribution < 1.29 is 9.47 Å². The van der Waals surface area contributed by atoms with Crippen LogP contribution in [0.4, 0.5) is 11.4 Å². The second-order valence-electron chi connectivity index (χ2n) is 10.1. The molecule has 2 atom stereocenters. The van der Waals surface area contributed by atoms with Crippen LogP contribution < -0.4 is 9.80 Å². The lowest BCUT2D eigenvalue weighted by Gasteiger charge is -2.36. The predicted octanol–water partition coefficient (Wildman–Crippen LogP) is 8.22. The number of hydrogen-bond donors (Lipinski definition) is 0. The van der Waals surface area contributed by atoms with E-state index in [-0.39, 0.29) is 0 Å². The van der Waals surface area contributed by atoms with Gasteiger partial charge < -0.3 is 9.47 Å². The molecule has 2 aliphatic heterocycles. The third kappa shape index (κ3) is 5.48. The van der Waals surface area contributed by atoms with Crippen LogP contribution in [0.25, 0.3) is 0 Å². The number of para-hydroxylation sites is 2. The van der Waals surface area contributed by atoms with Crippen molar-refractivity contribution in [2.45, 2.75) is 12.5 Å². The number of nitrogens with zero attached hydrogens (tertiary/aromatic N) is 4. The Morgan fingerprint density at radius 2 is 0.750 bits per heavy atom. The van der Waals surface area contributed by atoms with Crippen molar-refractivity contribution in [1.29, 1.82) is 0 Å². The molecule has 214 valence electrons. The molecular weight excluding hydrogens is 585 g/mol. The summed E-state index contributed by atoms with van der Waals surface area (Å²) in [5.41, 5.74) is 5.33. The van der Waals surface area contributed by atoms with E-state index < -0.39 is 12.5 Å². The molecule has 0 radical (unpaired) electrons. The summed E-state index contributed by atoms with van der Waals surface area (Å²) in [5, 5.41) is 0.847. The Labute approximate surface area is 266 Å². The van der Waals surface area contributed by atoms with Crippen LogP contribution in [0, 0.1) is 0 Å². The number of benzene rings is 5. The van der Waals surface area contributed by atoms with Gasteiger partial charge in [0.15, 0.2) is 0 Å². The van der Waals surface area contributed by atoms with E-state index in [1.165, 1.54) is 0 Å². The van der Waals surface area contributed by atoms with Gasteiger partial charge in [0.25, 0.3) is 0 Å². The first kappa shape index (κ1) is 27.6. The van der Waals surface area contributed by atoms with Gasteiger partial charge in [0.2, 0.25) is 34.5 Å². The Hall–Kier alpha value is -5.18. The van der Waals surface area contributed by atoms with E-state index in [1.807, 2.05) is 155 Å². The summed E-state index contributed by atoms with van der Waals surface area (Å²) >= 11 is 11.6. The molecule has 0 bridgehead atoms. The number of hydrogen-bond acceptors (Lipinski definition) is 4. The van der Waals surface area contributed by atoms with Crippen LogP contribution >= 0.6 is 24.4 Å². The highest BCUT2D eigenvalue weighted by Gasteiger charge is 2.34. The van der Waals surface area contributed by atoms with Gasteiger partial charge in [-0.05, 0) is 73.0 Å². The molecule has 7 rings (SSSR count). The molecule has 8 heteroatoms. The summed E-state index contributed by atoms with van der Waals surface area (Å²) in [6.07, 6.45) is -0.949. The van der Waals surface area contributed by atoms with Gasteiger partial charge in [0.1, 0.15) is 0 Å². The van der Waals surface area contributed by atoms with Crippen molar-refractivity contribution in [2.24, 2.45) is 9.98 Å². The van der Waals surface area contributed by atoms with E-state index in [0.717, 1.165) is 33.6 Å². The Kier molecular flexibility index (Phi) is 7.67. The average molecular weight is 611 g/mol. The van der Waals surface area contributed by atoms with Crippen molar-refractivity contribution >= 4 is 57.8 Å². The van der Waals surface area contributed by atoms with Crippen LogP contribution in [0.5, 0.6) is 0 Å². The van der Waals surface area contributed by atoms with E-state index in [9.17, 15) is 0 Å². The maximum absolute atomic E-state index is 6.54. The van der Waals surface area contributed by atoms with Gasteiger partial charge in [0, 0.05) is 33.6 Å². The first-order chi connectivity index (χ1) is 21.7. The van der Waals surface area contributed by atoms with Crippen molar-refractivity contribution in [3.05, 3.63) is 168 Å². The van der Waals surface area contributed by atoms with Gasteiger partial charge in [-0.2, -0.15) is 9.98 Å². The largest absolute Gasteiger partial charge is 0.448 e. The van der Waals surface area contributed by atoms with Gasteiger partial charge >= 0.3 is 0 Å². The highest BCUT2D eigenvalue weighted by molar-refractivity contribution is 7.80. The first-order valence-corrected chi connectivity index (χ1v) is 15.0. The zero-order valence-electron chi connectivity index (χ0n) is 23.4. The van der Waals surface area contributed by atoms with E-state index >= 15 is 0 Å².